The van der Waals surface area contributed by atoms with Gasteiger partial charge < -0.3 is 5.73 Å². The van der Waals surface area contributed by atoms with Gasteiger partial charge in [-0.2, -0.15) is 5.26 Å². The Kier molecular flexibility index (Phi) is 3.50. The van der Waals surface area contributed by atoms with Gasteiger partial charge in [0.2, 0.25) is 0 Å². The molecule has 3 heteroatoms. The Labute approximate surface area is 101 Å². The highest BCUT2D eigenvalue weighted by Crippen LogP contribution is 2.42. The first kappa shape index (κ1) is 11.5. The summed E-state index contributed by atoms with van der Waals surface area (Å²) in [5, 5.41) is 9.95. The lowest BCUT2D eigenvalue weighted by Crippen LogP contribution is -2.00. The third-order valence-electron chi connectivity index (χ3n) is 3.41. The average Bonchev–Trinajstić information content (AvgIpc) is 2.46. The summed E-state index contributed by atoms with van der Waals surface area (Å²) >= 11 is 1.64. The van der Waals surface area contributed by atoms with Gasteiger partial charge in [-0.25, -0.2) is 0 Å². The Morgan fingerprint density at radius 3 is 3.00 bits per heavy atom. The predicted molar refractivity (Wildman–Crippen MR) is 68.7 cm³/mol. The van der Waals surface area contributed by atoms with Gasteiger partial charge >= 0.3 is 0 Å². The number of nitrogens with zero attached hydrogens (tertiary/aromatic N) is 1. The van der Waals surface area contributed by atoms with Gasteiger partial charge in [0, 0.05) is 4.88 Å². The van der Waals surface area contributed by atoms with Crippen LogP contribution in [0.1, 0.15) is 60.9 Å². The van der Waals surface area contributed by atoms with E-state index in [1.54, 1.807) is 11.3 Å². The van der Waals surface area contributed by atoms with E-state index in [0.717, 1.165) is 17.0 Å². The molecule has 2 nitrogen and oxygen atoms in total. The Bertz CT molecular complexity index is 414. The highest BCUT2D eigenvalue weighted by molar-refractivity contribution is 7.16. The normalized spacial score (nSPS) is 19.9. The maximum Gasteiger partial charge on any atom is 0.104 e. The van der Waals surface area contributed by atoms with Crippen LogP contribution in [0.2, 0.25) is 0 Å². The van der Waals surface area contributed by atoms with Gasteiger partial charge in [0.05, 0.1) is 5.56 Å². The minimum atomic E-state index is 0.575. The van der Waals surface area contributed by atoms with Gasteiger partial charge in [-0.1, -0.05) is 19.8 Å². The molecule has 2 rings (SSSR count). The Morgan fingerprint density at radius 1 is 1.50 bits per heavy atom. The number of aryl methyl sites for hydroxylation is 1. The SMILES string of the molecule is CCCC1CCCCc2sc(N)c(C#N)c21. The van der Waals surface area contributed by atoms with Crippen molar-refractivity contribution in [3.8, 4) is 6.07 Å². The van der Waals surface area contributed by atoms with Crippen molar-refractivity contribution < 1.29 is 0 Å². The van der Waals surface area contributed by atoms with Gasteiger partial charge in [-0.3, -0.25) is 0 Å². The molecule has 1 aliphatic carbocycles. The summed E-state index contributed by atoms with van der Waals surface area (Å²) in [5.41, 5.74) is 8.01. The molecule has 16 heavy (non-hydrogen) atoms. The fraction of sp³-hybridized carbons (Fsp3) is 0.615. The molecule has 0 fully saturated rings. The zero-order valence-electron chi connectivity index (χ0n) is 9.75. The molecular weight excluding hydrogens is 216 g/mol. The summed E-state index contributed by atoms with van der Waals surface area (Å²) < 4.78 is 0. The van der Waals surface area contributed by atoms with Crippen molar-refractivity contribution >= 4 is 16.3 Å². The molecule has 0 saturated carbocycles. The third kappa shape index (κ3) is 1.94. The van der Waals surface area contributed by atoms with Crippen LogP contribution in [-0.4, -0.2) is 0 Å². The molecule has 1 heterocycles. The van der Waals surface area contributed by atoms with E-state index in [1.165, 1.54) is 42.5 Å². The van der Waals surface area contributed by atoms with Crippen molar-refractivity contribution in [2.75, 3.05) is 5.73 Å². The summed E-state index contributed by atoms with van der Waals surface area (Å²) in [6.07, 6.45) is 7.26. The van der Waals surface area contributed by atoms with Crippen LogP contribution in [-0.2, 0) is 6.42 Å². The van der Waals surface area contributed by atoms with Crippen LogP contribution in [0, 0.1) is 11.3 Å². The van der Waals surface area contributed by atoms with E-state index in [1.807, 2.05) is 0 Å². The van der Waals surface area contributed by atoms with Crippen molar-refractivity contribution in [3.05, 3.63) is 16.0 Å². The van der Waals surface area contributed by atoms with E-state index in [-0.39, 0.29) is 0 Å². The zero-order chi connectivity index (χ0) is 11.5. The summed E-state index contributed by atoms with van der Waals surface area (Å²) in [7, 11) is 0. The van der Waals surface area contributed by atoms with E-state index >= 15 is 0 Å². The number of nitriles is 1. The number of rotatable bonds is 2. The van der Waals surface area contributed by atoms with Gasteiger partial charge in [0.1, 0.15) is 11.1 Å². The van der Waals surface area contributed by atoms with E-state index < -0.39 is 0 Å². The van der Waals surface area contributed by atoms with Crippen molar-refractivity contribution in [1.29, 1.82) is 5.26 Å². The molecule has 1 unspecified atom stereocenters. The van der Waals surface area contributed by atoms with Crippen LogP contribution < -0.4 is 5.73 Å². The van der Waals surface area contributed by atoms with Crippen molar-refractivity contribution in [2.45, 2.75) is 51.4 Å². The zero-order valence-corrected chi connectivity index (χ0v) is 10.6. The molecule has 1 aromatic rings. The van der Waals surface area contributed by atoms with Gasteiger partial charge in [-0.15, -0.1) is 11.3 Å². The summed E-state index contributed by atoms with van der Waals surface area (Å²) in [5.74, 6) is 0.575. The second kappa shape index (κ2) is 4.88. The monoisotopic (exact) mass is 234 g/mol. The van der Waals surface area contributed by atoms with E-state index in [4.69, 9.17) is 5.73 Å². The summed E-state index contributed by atoms with van der Waals surface area (Å²) in [4.78, 5) is 1.38. The topological polar surface area (TPSA) is 49.8 Å². The number of anilines is 1. The summed E-state index contributed by atoms with van der Waals surface area (Å²) in [6, 6.07) is 2.30. The number of fused-ring (bicyclic) bond motifs is 1. The van der Waals surface area contributed by atoms with Gasteiger partial charge in [0.15, 0.2) is 0 Å². The van der Waals surface area contributed by atoms with E-state index in [2.05, 4.69) is 13.0 Å². The molecule has 0 amide bonds. The second-order valence-corrected chi connectivity index (χ2v) is 5.66. The molecule has 1 atom stereocenters. The molecule has 1 aliphatic rings. The molecule has 0 radical (unpaired) electrons. The molecule has 0 aliphatic heterocycles. The van der Waals surface area contributed by atoms with Gasteiger partial charge in [-0.05, 0) is 37.2 Å². The Morgan fingerprint density at radius 2 is 2.31 bits per heavy atom. The molecule has 0 bridgehead atoms. The number of hydrogen-bond donors (Lipinski definition) is 1. The molecule has 2 N–H and O–H groups in total. The Balaban J connectivity index is 2.45. The van der Waals surface area contributed by atoms with Crippen molar-refractivity contribution in [1.82, 2.24) is 0 Å². The highest BCUT2D eigenvalue weighted by atomic mass is 32.1. The van der Waals surface area contributed by atoms with E-state index in [9.17, 15) is 5.26 Å². The molecule has 86 valence electrons. The van der Waals surface area contributed by atoms with Crippen LogP contribution in [0.25, 0.3) is 0 Å². The van der Waals surface area contributed by atoms with Crippen molar-refractivity contribution in [3.63, 3.8) is 0 Å². The van der Waals surface area contributed by atoms with Crippen LogP contribution in [0.4, 0.5) is 5.00 Å². The molecule has 1 aromatic heterocycles. The highest BCUT2D eigenvalue weighted by Gasteiger charge is 2.25. The average molecular weight is 234 g/mol. The largest absolute Gasteiger partial charge is 0.389 e. The standard InChI is InChI=1S/C13H18N2S/c1-2-5-9-6-3-4-7-11-12(9)10(8-14)13(15)16-11/h9H,2-7,15H2,1H3. The number of thiophene rings is 1. The lowest BCUT2D eigenvalue weighted by atomic mass is 9.89. The van der Waals surface area contributed by atoms with Crippen LogP contribution in [0.15, 0.2) is 0 Å². The maximum atomic E-state index is 9.22. The summed E-state index contributed by atoms with van der Waals surface area (Å²) in [6.45, 7) is 2.21. The first-order valence-corrected chi connectivity index (χ1v) is 6.90. The first-order chi connectivity index (χ1) is 7.77. The van der Waals surface area contributed by atoms with Gasteiger partial charge in [0.25, 0.3) is 0 Å². The molecule has 0 aromatic carbocycles. The van der Waals surface area contributed by atoms with Crippen LogP contribution in [0.3, 0.4) is 0 Å². The van der Waals surface area contributed by atoms with Crippen LogP contribution >= 0.6 is 11.3 Å². The maximum absolute atomic E-state index is 9.22. The predicted octanol–water partition coefficient (Wildman–Crippen LogP) is 3.81. The number of hydrogen-bond acceptors (Lipinski definition) is 3. The number of nitrogen functional groups attached to an aromatic ring is 1. The lowest BCUT2D eigenvalue weighted by molar-refractivity contribution is 0.551. The third-order valence-corrected chi connectivity index (χ3v) is 4.51. The minimum Gasteiger partial charge on any atom is -0.389 e. The fourth-order valence-corrected chi connectivity index (χ4v) is 3.85. The Hall–Kier alpha value is -1.01. The van der Waals surface area contributed by atoms with E-state index in [0.29, 0.717) is 5.92 Å². The van der Waals surface area contributed by atoms with Crippen molar-refractivity contribution in [2.24, 2.45) is 0 Å². The smallest absolute Gasteiger partial charge is 0.104 e. The second-order valence-electron chi connectivity index (χ2n) is 4.52. The lowest BCUT2D eigenvalue weighted by Gasteiger charge is -2.14. The molecule has 0 spiro atoms. The molecular formula is C13H18N2S. The first-order valence-electron chi connectivity index (χ1n) is 6.09. The molecule has 0 saturated heterocycles. The number of nitrogens with two attached hydrogens (primary N) is 1. The minimum absolute atomic E-state index is 0.575. The quantitative estimate of drug-likeness (QED) is 0.791. The van der Waals surface area contributed by atoms with Crippen LogP contribution in [0.5, 0.6) is 0 Å². The fourth-order valence-electron chi connectivity index (χ4n) is 2.70.